The molecule has 0 aliphatic rings. The number of hydrogen-bond donors (Lipinski definition) is 2. The number of carbonyl (C=O) groups is 2. The van der Waals surface area contributed by atoms with Crippen molar-refractivity contribution in [2.75, 3.05) is 19.0 Å². The van der Waals surface area contributed by atoms with Crippen molar-refractivity contribution in [2.24, 2.45) is 0 Å². The number of halogens is 4. The monoisotopic (exact) mass is 387 g/mol. The Labute approximate surface area is 151 Å². The van der Waals surface area contributed by atoms with Gasteiger partial charge in [0.1, 0.15) is 5.02 Å². The molecule has 138 valence electrons. The maximum absolute atomic E-state index is 12.2. The molecule has 0 fully saturated rings. The van der Waals surface area contributed by atoms with E-state index in [9.17, 15) is 22.8 Å². The van der Waals surface area contributed by atoms with E-state index < -0.39 is 24.6 Å². The van der Waals surface area contributed by atoms with Crippen molar-refractivity contribution >= 4 is 29.1 Å². The second-order valence-corrected chi connectivity index (χ2v) is 5.43. The summed E-state index contributed by atoms with van der Waals surface area (Å²) in [6.45, 7) is -1.54. The van der Waals surface area contributed by atoms with Crippen LogP contribution in [-0.2, 0) is 0 Å². The lowest BCUT2D eigenvalue weighted by Crippen LogP contribution is -2.20. The van der Waals surface area contributed by atoms with E-state index in [1.165, 1.54) is 31.3 Å². The highest BCUT2D eigenvalue weighted by atomic mass is 35.5. The number of pyridine rings is 1. The molecular weight excluding hydrogens is 375 g/mol. The van der Waals surface area contributed by atoms with E-state index in [1.807, 2.05) is 0 Å². The van der Waals surface area contributed by atoms with Gasteiger partial charge in [-0.05, 0) is 30.3 Å². The van der Waals surface area contributed by atoms with Gasteiger partial charge in [-0.25, -0.2) is 4.98 Å². The summed E-state index contributed by atoms with van der Waals surface area (Å²) >= 11 is 5.80. The van der Waals surface area contributed by atoms with Gasteiger partial charge in [-0.3, -0.25) is 9.59 Å². The first-order valence-electron chi connectivity index (χ1n) is 7.18. The average Bonchev–Trinajstić information content (AvgIpc) is 2.59. The molecule has 2 aromatic rings. The van der Waals surface area contributed by atoms with E-state index in [1.54, 1.807) is 0 Å². The molecule has 0 aliphatic heterocycles. The summed E-state index contributed by atoms with van der Waals surface area (Å²) in [6.07, 6.45) is -3.48. The smallest absolute Gasteiger partial charge is 0.422 e. The molecule has 1 aromatic heterocycles. The third-order valence-corrected chi connectivity index (χ3v) is 3.34. The molecule has 1 aromatic carbocycles. The third kappa shape index (κ3) is 5.35. The van der Waals surface area contributed by atoms with Crippen LogP contribution < -0.4 is 15.4 Å². The standard InChI is InChI=1S/C16H13ClF3N3O3/c1-21-13(24)9-2-4-11(5-3-9)23-14(25)10-6-12(17)15(22-7-10)26-8-16(18,19)20/h2-7H,8H2,1H3,(H,21,24)(H,23,25). The molecule has 2 amide bonds. The summed E-state index contributed by atoms with van der Waals surface area (Å²) in [5.41, 5.74) is 0.863. The van der Waals surface area contributed by atoms with Crippen molar-refractivity contribution in [1.82, 2.24) is 10.3 Å². The number of rotatable bonds is 5. The van der Waals surface area contributed by atoms with Crippen molar-refractivity contribution in [3.63, 3.8) is 0 Å². The largest absolute Gasteiger partial charge is 0.467 e. The highest BCUT2D eigenvalue weighted by Crippen LogP contribution is 2.25. The van der Waals surface area contributed by atoms with E-state index >= 15 is 0 Å². The second kappa shape index (κ2) is 8.05. The molecule has 0 spiro atoms. The number of carbonyl (C=O) groups excluding carboxylic acids is 2. The van der Waals surface area contributed by atoms with Crippen LogP contribution in [0.15, 0.2) is 36.5 Å². The number of aromatic nitrogens is 1. The van der Waals surface area contributed by atoms with Crippen LogP contribution in [0.25, 0.3) is 0 Å². The summed E-state index contributed by atoms with van der Waals surface area (Å²) in [5, 5.41) is 4.80. The summed E-state index contributed by atoms with van der Waals surface area (Å²) in [7, 11) is 1.50. The van der Waals surface area contributed by atoms with E-state index in [0.29, 0.717) is 11.3 Å². The van der Waals surface area contributed by atoms with Crippen LogP contribution in [0.1, 0.15) is 20.7 Å². The molecule has 0 saturated carbocycles. The highest BCUT2D eigenvalue weighted by Gasteiger charge is 2.29. The van der Waals surface area contributed by atoms with Gasteiger partial charge < -0.3 is 15.4 Å². The Hall–Kier alpha value is -2.81. The summed E-state index contributed by atoms with van der Waals surface area (Å²) in [4.78, 5) is 27.2. The molecule has 6 nitrogen and oxygen atoms in total. The minimum Gasteiger partial charge on any atom is -0.467 e. The zero-order valence-corrected chi connectivity index (χ0v) is 14.1. The van der Waals surface area contributed by atoms with Crippen molar-refractivity contribution in [3.05, 3.63) is 52.7 Å². The van der Waals surface area contributed by atoms with E-state index in [2.05, 4.69) is 20.4 Å². The second-order valence-electron chi connectivity index (χ2n) is 5.03. The van der Waals surface area contributed by atoms with Gasteiger partial charge in [-0.15, -0.1) is 0 Å². The zero-order chi connectivity index (χ0) is 19.3. The highest BCUT2D eigenvalue weighted by molar-refractivity contribution is 6.32. The van der Waals surface area contributed by atoms with Gasteiger partial charge in [-0.2, -0.15) is 13.2 Å². The van der Waals surface area contributed by atoms with Crippen molar-refractivity contribution < 1.29 is 27.5 Å². The van der Waals surface area contributed by atoms with Crippen LogP contribution in [0, 0.1) is 0 Å². The van der Waals surface area contributed by atoms with Gasteiger partial charge in [0.25, 0.3) is 11.8 Å². The number of amides is 2. The summed E-state index contributed by atoms with van der Waals surface area (Å²) in [5.74, 6) is -1.27. The first-order chi connectivity index (χ1) is 12.2. The van der Waals surface area contributed by atoms with Crippen molar-refractivity contribution in [1.29, 1.82) is 0 Å². The number of anilines is 1. The Balaban J connectivity index is 2.05. The topological polar surface area (TPSA) is 80.3 Å². The lowest BCUT2D eigenvalue weighted by molar-refractivity contribution is -0.154. The molecule has 1 heterocycles. The van der Waals surface area contributed by atoms with Gasteiger partial charge in [0.2, 0.25) is 5.88 Å². The Bertz CT molecular complexity index is 811. The fraction of sp³-hybridized carbons (Fsp3) is 0.188. The number of nitrogens with zero attached hydrogens (tertiary/aromatic N) is 1. The fourth-order valence-electron chi connectivity index (χ4n) is 1.86. The number of hydrogen-bond acceptors (Lipinski definition) is 4. The third-order valence-electron chi connectivity index (χ3n) is 3.07. The number of alkyl halides is 3. The van der Waals surface area contributed by atoms with Gasteiger partial charge in [-0.1, -0.05) is 11.6 Å². The number of benzene rings is 1. The predicted octanol–water partition coefficient (Wildman–Crippen LogP) is 3.29. The molecular formula is C16H13ClF3N3O3. The van der Waals surface area contributed by atoms with Crippen LogP contribution in [0.5, 0.6) is 5.88 Å². The lowest BCUT2D eigenvalue weighted by atomic mass is 10.2. The fourth-order valence-corrected chi connectivity index (χ4v) is 2.08. The molecule has 0 radical (unpaired) electrons. The van der Waals surface area contributed by atoms with Crippen molar-refractivity contribution in [3.8, 4) is 5.88 Å². The normalized spacial score (nSPS) is 11.0. The molecule has 26 heavy (non-hydrogen) atoms. The zero-order valence-electron chi connectivity index (χ0n) is 13.4. The Morgan fingerprint density at radius 2 is 1.81 bits per heavy atom. The Kier molecular flexibility index (Phi) is 6.04. The van der Waals surface area contributed by atoms with Gasteiger partial charge in [0.15, 0.2) is 6.61 Å². The molecule has 0 bridgehead atoms. The van der Waals surface area contributed by atoms with Crippen molar-refractivity contribution in [2.45, 2.75) is 6.18 Å². The first-order valence-corrected chi connectivity index (χ1v) is 7.56. The minimum absolute atomic E-state index is 0.0322. The maximum atomic E-state index is 12.2. The van der Waals surface area contributed by atoms with Gasteiger partial charge >= 0.3 is 6.18 Å². The predicted molar refractivity (Wildman–Crippen MR) is 88.6 cm³/mol. The maximum Gasteiger partial charge on any atom is 0.422 e. The number of nitrogens with one attached hydrogen (secondary N) is 2. The van der Waals surface area contributed by atoms with E-state index in [0.717, 1.165) is 12.3 Å². The SMILES string of the molecule is CNC(=O)c1ccc(NC(=O)c2cnc(OCC(F)(F)F)c(Cl)c2)cc1. The van der Waals surface area contributed by atoms with E-state index in [4.69, 9.17) is 11.6 Å². The summed E-state index contributed by atoms with van der Waals surface area (Å²) in [6, 6.07) is 7.24. The van der Waals surface area contributed by atoms with Gasteiger partial charge in [0, 0.05) is 24.5 Å². The van der Waals surface area contributed by atoms with Gasteiger partial charge in [0.05, 0.1) is 5.56 Å². The first kappa shape index (κ1) is 19.5. The van der Waals surface area contributed by atoms with Crippen LogP contribution in [-0.4, -0.2) is 36.6 Å². The minimum atomic E-state index is -4.53. The van der Waals surface area contributed by atoms with Crippen LogP contribution in [0.3, 0.4) is 0 Å². The molecule has 0 aliphatic carbocycles. The molecule has 0 saturated heterocycles. The molecule has 0 unspecified atom stereocenters. The van der Waals surface area contributed by atoms with E-state index in [-0.39, 0.29) is 16.5 Å². The molecule has 0 atom stereocenters. The number of ether oxygens (including phenoxy) is 1. The summed E-state index contributed by atoms with van der Waals surface area (Å²) < 4.78 is 40.9. The molecule has 10 heteroatoms. The lowest BCUT2D eigenvalue weighted by Gasteiger charge is -2.10. The van der Waals surface area contributed by atoms with Crippen LogP contribution in [0.2, 0.25) is 5.02 Å². The Morgan fingerprint density at radius 1 is 1.15 bits per heavy atom. The van der Waals surface area contributed by atoms with Crippen LogP contribution in [0.4, 0.5) is 18.9 Å². The quantitative estimate of drug-likeness (QED) is 0.825. The molecule has 2 N–H and O–H groups in total. The molecule has 2 rings (SSSR count). The average molecular weight is 388 g/mol. The Morgan fingerprint density at radius 3 is 2.35 bits per heavy atom. The van der Waals surface area contributed by atoms with Crippen LogP contribution >= 0.6 is 11.6 Å².